The monoisotopic (exact) mass is 304 g/mol. The lowest BCUT2D eigenvalue weighted by atomic mass is 10.1. The van der Waals surface area contributed by atoms with Crippen molar-refractivity contribution in [3.63, 3.8) is 0 Å². The topological polar surface area (TPSA) is 91.3 Å². The molecule has 0 atom stereocenters. The summed E-state index contributed by atoms with van der Waals surface area (Å²) in [6.45, 7) is 8.49. The van der Waals surface area contributed by atoms with Gasteiger partial charge in [0, 0.05) is 0 Å². The second-order valence-corrected chi connectivity index (χ2v) is 5.29. The molecule has 0 aliphatic rings. The smallest absolute Gasteiger partial charge is 0.456 e. The third kappa shape index (κ3) is 8.91. The van der Waals surface area contributed by atoms with Crippen molar-refractivity contribution in [1.29, 1.82) is 0 Å². The van der Waals surface area contributed by atoms with Crippen LogP contribution in [0.15, 0.2) is 11.3 Å². The SMILES string of the molecule is CCCCOOC(C(=O)OCC(C)(C)OC(=O)O)=C(C)C. The summed E-state index contributed by atoms with van der Waals surface area (Å²) in [6, 6.07) is 0. The molecule has 0 bridgehead atoms. The summed E-state index contributed by atoms with van der Waals surface area (Å²) >= 11 is 0. The van der Waals surface area contributed by atoms with Crippen molar-refractivity contribution in [3.8, 4) is 0 Å². The van der Waals surface area contributed by atoms with Gasteiger partial charge in [-0.1, -0.05) is 13.3 Å². The van der Waals surface area contributed by atoms with Gasteiger partial charge in [0.15, 0.2) is 0 Å². The Bertz CT molecular complexity index is 381. The number of ether oxygens (including phenoxy) is 2. The summed E-state index contributed by atoms with van der Waals surface area (Å²) in [5.41, 5.74) is -0.550. The van der Waals surface area contributed by atoms with Crippen molar-refractivity contribution < 1.29 is 33.9 Å². The Morgan fingerprint density at radius 1 is 1.19 bits per heavy atom. The van der Waals surface area contributed by atoms with Crippen LogP contribution in [-0.4, -0.2) is 36.0 Å². The summed E-state index contributed by atoms with van der Waals surface area (Å²) in [7, 11) is 0. The molecule has 0 unspecified atom stereocenters. The second kappa shape index (κ2) is 9.23. The van der Waals surface area contributed by atoms with Crippen LogP contribution in [0.3, 0.4) is 0 Å². The van der Waals surface area contributed by atoms with Crippen molar-refractivity contribution in [2.75, 3.05) is 13.2 Å². The standard InChI is InChI=1S/C14H24O7/c1-6-7-8-19-21-11(10(2)3)12(15)18-9-14(4,5)20-13(16)17/h6-9H2,1-5H3,(H,16,17). The molecule has 0 aromatic rings. The largest absolute Gasteiger partial charge is 0.506 e. The van der Waals surface area contributed by atoms with E-state index in [-0.39, 0.29) is 12.4 Å². The maximum Gasteiger partial charge on any atom is 0.506 e. The number of carboxylic acid groups (broad SMARTS) is 1. The molecular formula is C14H24O7. The van der Waals surface area contributed by atoms with Crippen LogP contribution in [0.5, 0.6) is 0 Å². The maximum atomic E-state index is 11.9. The van der Waals surface area contributed by atoms with Crippen molar-refractivity contribution in [2.45, 2.75) is 53.1 Å². The van der Waals surface area contributed by atoms with E-state index in [0.29, 0.717) is 12.2 Å². The lowest BCUT2D eigenvalue weighted by Crippen LogP contribution is -2.34. The van der Waals surface area contributed by atoms with E-state index in [1.165, 1.54) is 13.8 Å². The molecule has 7 heteroatoms. The number of hydrogen-bond donors (Lipinski definition) is 1. The van der Waals surface area contributed by atoms with Gasteiger partial charge < -0.3 is 19.5 Å². The highest BCUT2D eigenvalue weighted by atomic mass is 17.2. The van der Waals surface area contributed by atoms with Crippen LogP contribution in [0.2, 0.25) is 0 Å². The van der Waals surface area contributed by atoms with E-state index < -0.39 is 17.7 Å². The first kappa shape index (κ1) is 19.2. The average molecular weight is 304 g/mol. The predicted octanol–water partition coefficient (Wildman–Crippen LogP) is 3.05. The minimum Gasteiger partial charge on any atom is -0.456 e. The fourth-order valence-electron chi connectivity index (χ4n) is 1.20. The van der Waals surface area contributed by atoms with Gasteiger partial charge in [-0.3, -0.25) is 0 Å². The van der Waals surface area contributed by atoms with Gasteiger partial charge in [-0.15, -0.1) is 0 Å². The van der Waals surface area contributed by atoms with Gasteiger partial charge in [-0.05, 0) is 39.7 Å². The van der Waals surface area contributed by atoms with E-state index >= 15 is 0 Å². The fraction of sp³-hybridized carbons (Fsp3) is 0.714. The minimum absolute atomic E-state index is 0.0442. The minimum atomic E-state index is -1.43. The van der Waals surface area contributed by atoms with Crippen molar-refractivity contribution in [1.82, 2.24) is 0 Å². The number of allylic oxidation sites excluding steroid dienone is 1. The molecule has 0 aliphatic heterocycles. The molecule has 0 aromatic carbocycles. The van der Waals surface area contributed by atoms with E-state index in [0.717, 1.165) is 12.8 Å². The molecule has 7 nitrogen and oxygen atoms in total. The van der Waals surface area contributed by atoms with Gasteiger partial charge in [0.05, 0.1) is 6.61 Å². The zero-order chi connectivity index (χ0) is 16.5. The molecule has 0 rings (SSSR count). The molecule has 0 radical (unpaired) electrons. The third-order valence-electron chi connectivity index (χ3n) is 2.28. The second-order valence-electron chi connectivity index (χ2n) is 5.29. The lowest BCUT2D eigenvalue weighted by Gasteiger charge is -2.22. The van der Waals surface area contributed by atoms with Crippen LogP contribution in [0, 0.1) is 0 Å². The summed E-state index contributed by atoms with van der Waals surface area (Å²) in [5.74, 6) is -0.772. The van der Waals surface area contributed by atoms with Crippen LogP contribution in [0.4, 0.5) is 4.79 Å². The van der Waals surface area contributed by atoms with Crippen molar-refractivity contribution in [2.24, 2.45) is 0 Å². The molecule has 0 aliphatic carbocycles. The molecule has 122 valence electrons. The number of carbonyl (C=O) groups excluding carboxylic acids is 1. The normalized spacial score (nSPS) is 10.7. The summed E-state index contributed by atoms with van der Waals surface area (Å²) in [6.07, 6.45) is 0.320. The Labute approximate surface area is 124 Å². The first-order valence-electron chi connectivity index (χ1n) is 6.75. The maximum absolute atomic E-state index is 11.9. The zero-order valence-electron chi connectivity index (χ0n) is 13.2. The molecule has 0 heterocycles. The van der Waals surface area contributed by atoms with E-state index in [2.05, 4.69) is 4.74 Å². The van der Waals surface area contributed by atoms with Gasteiger partial charge in [-0.2, -0.15) is 4.89 Å². The van der Waals surface area contributed by atoms with E-state index in [1.807, 2.05) is 6.92 Å². The highest BCUT2D eigenvalue weighted by Crippen LogP contribution is 2.14. The Kier molecular flexibility index (Phi) is 8.45. The Morgan fingerprint density at radius 2 is 1.81 bits per heavy atom. The van der Waals surface area contributed by atoms with Crippen molar-refractivity contribution in [3.05, 3.63) is 11.3 Å². The highest BCUT2D eigenvalue weighted by Gasteiger charge is 2.27. The quantitative estimate of drug-likeness (QED) is 0.175. The molecule has 0 saturated carbocycles. The van der Waals surface area contributed by atoms with Gasteiger partial charge in [0.25, 0.3) is 0 Å². The van der Waals surface area contributed by atoms with E-state index in [9.17, 15) is 9.59 Å². The van der Waals surface area contributed by atoms with Gasteiger partial charge >= 0.3 is 12.1 Å². The molecule has 1 N–H and O–H groups in total. The molecule has 0 amide bonds. The average Bonchev–Trinajstić information content (AvgIpc) is 2.34. The zero-order valence-corrected chi connectivity index (χ0v) is 13.2. The van der Waals surface area contributed by atoms with Gasteiger partial charge in [-0.25, -0.2) is 9.59 Å². The summed E-state index contributed by atoms with van der Waals surface area (Å²) in [5, 5.41) is 8.56. The third-order valence-corrected chi connectivity index (χ3v) is 2.28. The molecule has 0 fully saturated rings. The van der Waals surface area contributed by atoms with Crippen LogP contribution in [0.25, 0.3) is 0 Å². The number of unbranched alkanes of at least 4 members (excludes halogenated alkanes) is 1. The molecule has 0 spiro atoms. The highest BCUT2D eigenvalue weighted by molar-refractivity contribution is 5.86. The molecule has 0 aromatic heterocycles. The Morgan fingerprint density at radius 3 is 2.29 bits per heavy atom. The molecule has 0 saturated heterocycles. The van der Waals surface area contributed by atoms with Crippen LogP contribution < -0.4 is 0 Å². The lowest BCUT2D eigenvalue weighted by molar-refractivity contribution is -0.265. The van der Waals surface area contributed by atoms with E-state index in [1.54, 1.807) is 13.8 Å². The predicted molar refractivity (Wildman–Crippen MR) is 74.5 cm³/mol. The Hall–Kier alpha value is -1.76. The summed E-state index contributed by atoms with van der Waals surface area (Å²) in [4.78, 5) is 32.3. The number of hydrogen-bond acceptors (Lipinski definition) is 6. The van der Waals surface area contributed by atoms with Crippen LogP contribution in [0.1, 0.15) is 47.5 Å². The number of carbonyl (C=O) groups is 2. The number of rotatable bonds is 9. The van der Waals surface area contributed by atoms with Crippen molar-refractivity contribution >= 4 is 12.1 Å². The first-order valence-corrected chi connectivity index (χ1v) is 6.75. The fourth-order valence-corrected chi connectivity index (χ4v) is 1.20. The van der Waals surface area contributed by atoms with Crippen LogP contribution in [-0.2, 0) is 24.0 Å². The van der Waals surface area contributed by atoms with Gasteiger partial charge in [0.2, 0.25) is 5.76 Å². The first-order chi connectivity index (χ1) is 9.69. The van der Waals surface area contributed by atoms with Gasteiger partial charge in [0.1, 0.15) is 12.2 Å². The molecule has 21 heavy (non-hydrogen) atoms. The number of esters is 1. The summed E-state index contributed by atoms with van der Waals surface area (Å²) < 4.78 is 9.59. The van der Waals surface area contributed by atoms with E-state index in [4.69, 9.17) is 19.6 Å². The van der Waals surface area contributed by atoms with Crippen LogP contribution >= 0.6 is 0 Å². The molecular weight excluding hydrogens is 280 g/mol. The Balaban J connectivity index is 4.44.